The Kier molecular flexibility index (Phi) is 6.04. The van der Waals surface area contributed by atoms with Gasteiger partial charge in [-0.05, 0) is 75.6 Å². The molecule has 0 aliphatic heterocycles. The van der Waals surface area contributed by atoms with Gasteiger partial charge in [-0.25, -0.2) is 4.98 Å². The second-order valence-corrected chi connectivity index (χ2v) is 8.84. The molecule has 2 aromatic carbocycles. The van der Waals surface area contributed by atoms with Crippen LogP contribution in [0.25, 0.3) is 10.6 Å². The molecule has 1 aromatic heterocycles. The van der Waals surface area contributed by atoms with Crippen LogP contribution in [0.5, 0.6) is 16.6 Å². The molecule has 4 rings (SSSR count). The standard InChI is InChI=1S/C24H26N2O3S/c1-15(2)28-20-12-8-19(9-13-20)24-25-14-22(30-24)29-21-10-6-17(7-11-21)16(3)26-23(27)18-4-5-18/h6-16,18H,4-5H2,1-3H3,(H,26,27). The van der Waals surface area contributed by atoms with Gasteiger partial charge in [-0.1, -0.05) is 23.5 Å². The van der Waals surface area contributed by atoms with E-state index in [1.54, 1.807) is 6.20 Å². The van der Waals surface area contributed by atoms with E-state index in [2.05, 4.69) is 10.3 Å². The number of benzene rings is 2. The van der Waals surface area contributed by atoms with E-state index < -0.39 is 0 Å². The highest BCUT2D eigenvalue weighted by molar-refractivity contribution is 7.16. The van der Waals surface area contributed by atoms with Crippen molar-refractivity contribution in [2.24, 2.45) is 5.92 Å². The average Bonchev–Trinajstić information content (AvgIpc) is 3.48. The molecule has 30 heavy (non-hydrogen) atoms. The summed E-state index contributed by atoms with van der Waals surface area (Å²) < 4.78 is 11.7. The molecule has 6 heteroatoms. The summed E-state index contributed by atoms with van der Waals surface area (Å²) >= 11 is 1.50. The smallest absolute Gasteiger partial charge is 0.223 e. The number of amides is 1. The summed E-state index contributed by atoms with van der Waals surface area (Å²) in [6.07, 6.45) is 3.92. The number of hydrogen-bond donors (Lipinski definition) is 1. The number of nitrogens with one attached hydrogen (secondary N) is 1. The maximum Gasteiger partial charge on any atom is 0.223 e. The highest BCUT2D eigenvalue weighted by Crippen LogP contribution is 2.34. The lowest BCUT2D eigenvalue weighted by molar-refractivity contribution is -0.122. The van der Waals surface area contributed by atoms with Gasteiger partial charge in [0.05, 0.1) is 18.3 Å². The van der Waals surface area contributed by atoms with Crippen LogP contribution in [0.1, 0.15) is 45.2 Å². The number of hydrogen-bond acceptors (Lipinski definition) is 5. The Bertz CT molecular complexity index is 992. The van der Waals surface area contributed by atoms with Crippen molar-refractivity contribution in [3.8, 4) is 27.1 Å². The molecule has 1 atom stereocenters. The van der Waals surface area contributed by atoms with Crippen molar-refractivity contribution in [1.29, 1.82) is 0 Å². The third-order valence-corrected chi connectivity index (χ3v) is 5.79. The molecule has 0 saturated heterocycles. The normalized spacial score (nSPS) is 14.4. The predicted octanol–water partition coefficient (Wildman–Crippen LogP) is 5.98. The molecule has 0 bridgehead atoms. The second kappa shape index (κ2) is 8.88. The van der Waals surface area contributed by atoms with Crippen LogP contribution in [0.2, 0.25) is 0 Å². The molecule has 1 heterocycles. The molecule has 1 aliphatic rings. The number of carbonyl (C=O) groups is 1. The predicted molar refractivity (Wildman–Crippen MR) is 119 cm³/mol. The van der Waals surface area contributed by atoms with Crippen molar-refractivity contribution in [2.45, 2.75) is 45.8 Å². The molecule has 1 saturated carbocycles. The molecule has 1 amide bonds. The van der Waals surface area contributed by atoms with Gasteiger partial charge >= 0.3 is 0 Å². The van der Waals surface area contributed by atoms with E-state index in [0.717, 1.165) is 45.5 Å². The Labute approximate surface area is 181 Å². The number of rotatable bonds is 8. The lowest BCUT2D eigenvalue weighted by Gasteiger charge is -2.14. The van der Waals surface area contributed by atoms with Gasteiger partial charge in [0.15, 0.2) is 0 Å². The van der Waals surface area contributed by atoms with Crippen LogP contribution in [-0.2, 0) is 4.79 Å². The highest BCUT2D eigenvalue weighted by Gasteiger charge is 2.30. The Morgan fingerprint density at radius 1 is 1.03 bits per heavy atom. The van der Waals surface area contributed by atoms with Crippen LogP contribution in [0, 0.1) is 5.92 Å². The first-order valence-corrected chi connectivity index (χ1v) is 11.1. The fraction of sp³-hybridized carbons (Fsp3) is 0.333. The second-order valence-electron chi connectivity index (χ2n) is 7.85. The van der Waals surface area contributed by atoms with Gasteiger partial charge in [0.1, 0.15) is 16.5 Å². The number of aromatic nitrogens is 1. The van der Waals surface area contributed by atoms with Gasteiger partial charge in [0.25, 0.3) is 0 Å². The van der Waals surface area contributed by atoms with Crippen molar-refractivity contribution < 1.29 is 14.3 Å². The Morgan fingerprint density at radius 3 is 2.33 bits per heavy atom. The third-order valence-electron chi connectivity index (χ3n) is 4.86. The van der Waals surface area contributed by atoms with Crippen molar-refractivity contribution in [3.05, 3.63) is 60.3 Å². The van der Waals surface area contributed by atoms with Crippen LogP contribution in [0.15, 0.2) is 54.7 Å². The average molecular weight is 423 g/mol. The van der Waals surface area contributed by atoms with Crippen LogP contribution in [-0.4, -0.2) is 17.0 Å². The maximum atomic E-state index is 11.9. The summed E-state index contributed by atoms with van der Waals surface area (Å²) in [7, 11) is 0. The Balaban J connectivity index is 1.36. The van der Waals surface area contributed by atoms with Gasteiger partial charge in [0, 0.05) is 11.5 Å². The first kappa shape index (κ1) is 20.4. The van der Waals surface area contributed by atoms with E-state index in [1.807, 2.05) is 69.3 Å². The van der Waals surface area contributed by atoms with E-state index in [4.69, 9.17) is 9.47 Å². The van der Waals surface area contributed by atoms with Crippen LogP contribution in [0.3, 0.4) is 0 Å². The summed E-state index contributed by atoms with van der Waals surface area (Å²) in [6, 6.07) is 15.7. The van der Waals surface area contributed by atoms with Gasteiger partial charge in [-0.15, -0.1) is 0 Å². The molecule has 3 aromatic rings. The van der Waals surface area contributed by atoms with Crippen molar-refractivity contribution >= 4 is 17.2 Å². The molecule has 1 fully saturated rings. The molecular weight excluding hydrogens is 396 g/mol. The zero-order valence-electron chi connectivity index (χ0n) is 17.4. The monoisotopic (exact) mass is 422 g/mol. The number of carbonyl (C=O) groups excluding carboxylic acids is 1. The van der Waals surface area contributed by atoms with Crippen molar-refractivity contribution in [3.63, 3.8) is 0 Å². The number of nitrogens with zero attached hydrogens (tertiary/aromatic N) is 1. The summed E-state index contributed by atoms with van der Waals surface area (Å²) in [5.74, 6) is 1.97. The maximum absolute atomic E-state index is 11.9. The fourth-order valence-corrected chi connectivity index (χ4v) is 3.88. The minimum Gasteiger partial charge on any atom is -0.491 e. The molecule has 5 nitrogen and oxygen atoms in total. The minimum absolute atomic E-state index is 0.00944. The fourth-order valence-electron chi connectivity index (χ4n) is 3.09. The molecule has 1 unspecified atom stereocenters. The molecule has 1 aliphatic carbocycles. The van der Waals surface area contributed by atoms with E-state index in [1.165, 1.54) is 11.3 Å². The topological polar surface area (TPSA) is 60.5 Å². The third kappa shape index (κ3) is 5.19. The van der Waals surface area contributed by atoms with Gasteiger partial charge < -0.3 is 14.8 Å². The van der Waals surface area contributed by atoms with Crippen LogP contribution in [0.4, 0.5) is 0 Å². The summed E-state index contributed by atoms with van der Waals surface area (Å²) in [4.78, 5) is 16.4. The van der Waals surface area contributed by atoms with Gasteiger partial charge in [0.2, 0.25) is 11.0 Å². The Morgan fingerprint density at radius 2 is 1.70 bits per heavy atom. The van der Waals surface area contributed by atoms with E-state index in [-0.39, 0.29) is 24.0 Å². The zero-order valence-corrected chi connectivity index (χ0v) is 18.2. The van der Waals surface area contributed by atoms with E-state index in [0.29, 0.717) is 0 Å². The van der Waals surface area contributed by atoms with Gasteiger partial charge in [-0.2, -0.15) is 0 Å². The van der Waals surface area contributed by atoms with E-state index >= 15 is 0 Å². The summed E-state index contributed by atoms with van der Waals surface area (Å²) in [5, 5.41) is 4.70. The number of thiazole rings is 1. The first-order valence-electron chi connectivity index (χ1n) is 10.3. The molecule has 0 spiro atoms. The lowest BCUT2D eigenvalue weighted by atomic mass is 10.1. The van der Waals surface area contributed by atoms with Gasteiger partial charge in [-0.3, -0.25) is 4.79 Å². The largest absolute Gasteiger partial charge is 0.491 e. The molecule has 0 radical (unpaired) electrons. The van der Waals surface area contributed by atoms with Crippen LogP contribution >= 0.6 is 11.3 Å². The van der Waals surface area contributed by atoms with Crippen LogP contribution < -0.4 is 14.8 Å². The molecule has 1 N–H and O–H groups in total. The SMILES string of the molecule is CC(C)Oc1ccc(-c2ncc(Oc3ccc(C(C)NC(=O)C4CC4)cc3)s2)cc1. The first-order chi connectivity index (χ1) is 14.5. The van der Waals surface area contributed by atoms with Crippen molar-refractivity contribution in [2.75, 3.05) is 0 Å². The quantitative estimate of drug-likeness (QED) is 0.485. The number of ether oxygens (including phenoxy) is 2. The van der Waals surface area contributed by atoms with E-state index in [9.17, 15) is 4.79 Å². The molecule has 156 valence electrons. The Hall–Kier alpha value is -2.86. The van der Waals surface area contributed by atoms with Crippen molar-refractivity contribution in [1.82, 2.24) is 10.3 Å². The lowest BCUT2D eigenvalue weighted by Crippen LogP contribution is -2.27. The molecular formula is C24H26N2O3S. The highest BCUT2D eigenvalue weighted by atomic mass is 32.1. The summed E-state index contributed by atoms with van der Waals surface area (Å²) in [6.45, 7) is 6.02. The summed E-state index contributed by atoms with van der Waals surface area (Å²) in [5.41, 5.74) is 2.09. The zero-order chi connectivity index (χ0) is 21.1. The minimum atomic E-state index is -0.00944.